The maximum absolute atomic E-state index is 6.34. The van der Waals surface area contributed by atoms with Crippen LogP contribution >= 0.6 is 8.38 Å². The summed E-state index contributed by atoms with van der Waals surface area (Å²) in [4.78, 5) is 0. The first-order valence-corrected chi connectivity index (χ1v) is 18.7. The van der Waals surface area contributed by atoms with E-state index in [1.165, 1.54) is 11.6 Å². The predicted octanol–water partition coefficient (Wildman–Crippen LogP) is 6.38. The van der Waals surface area contributed by atoms with Gasteiger partial charge >= 0.3 is 0 Å². The Morgan fingerprint density at radius 3 is 1.96 bits per heavy atom. The number of hydrogen-bond donors (Lipinski definition) is 0. The molecule has 1 rings (SSSR count). The van der Waals surface area contributed by atoms with Crippen LogP contribution in [0.15, 0.2) is 36.0 Å². The zero-order valence-electron chi connectivity index (χ0n) is 15.7. The lowest BCUT2D eigenvalue weighted by atomic mass is 10.2. The monoisotopic (exact) mass is 383 g/mol. The van der Waals surface area contributed by atoms with Crippen molar-refractivity contribution >= 4 is 39.9 Å². The molecule has 129 valence electrons. The molecule has 0 N–H and O–H groups in total. The van der Waals surface area contributed by atoms with Crippen molar-refractivity contribution in [2.75, 3.05) is 6.16 Å². The van der Waals surface area contributed by atoms with Gasteiger partial charge in [-0.2, -0.15) is 0 Å². The standard InChI is InChI=1S/C17H32O2PSi3/c1-21(15-13-17-11-9-8-10-12-17)16-14-20(18-22(2,3)4)19-23(5,6)7/h8-13,15H,14,16H2,1-7H3. The van der Waals surface area contributed by atoms with Gasteiger partial charge in [0.1, 0.15) is 8.38 Å². The van der Waals surface area contributed by atoms with E-state index in [-0.39, 0.29) is 0 Å². The van der Waals surface area contributed by atoms with Crippen LogP contribution in [0, 0.1) is 0 Å². The minimum Gasteiger partial charge on any atom is -0.376 e. The molecule has 0 saturated heterocycles. The van der Waals surface area contributed by atoms with E-state index in [0.29, 0.717) is 0 Å². The summed E-state index contributed by atoms with van der Waals surface area (Å²) in [5, 5.41) is 0. The molecule has 1 aromatic carbocycles. The minimum absolute atomic E-state index is 0.485. The third-order valence-corrected chi connectivity index (χ3v) is 11.6. The maximum atomic E-state index is 6.34. The van der Waals surface area contributed by atoms with Crippen LogP contribution in [0.1, 0.15) is 5.56 Å². The Bertz CT molecular complexity index is 465. The fourth-order valence-corrected chi connectivity index (χ4v) is 10.8. The topological polar surface area (TPSA) is 18.5 Å². The van der Waals surface area contributed by atoms with Gasteiger partial charge in [-0.25, -0.2) is 0 Å². The summed E-state index contributed by atoms with van der Waals surface area (Å²) in [5.41, 5.74) is 3.69. The first kappa shape index (κ1) is 21.0. The van der Waals surface area contributed by atoms with Gasteiger partial charge in [-0.05, 0) is 50.9 Å². The van der Waals surface area contributed by atoms with Crippen molar-refractivity contribution in [3.05, 3.63) is 41.6 Å². The molecule has 0 aliphatic rings. The van der Waals surface area contributed by atoms with Gasteiger partial charge in [0.05, 0.1) is 8.80 Å². The smallest absolute Gasteiger partial charge is 0.191 e. The molecule has 0 saturated carbocycles. The van der Waals surface area contributed by atoms with Crippen LogP contribution in [-0.2, 0) is 8.43 Å². The minimum atomic E-state index is -1.54. The molecule has 0 aliphatic heterocycles. The molecule has 1 radical (unpaired) electrons. The molecule has 6 heteroatoms. The van der Waals surface area contributed by atoms with Crippen LogP contribution in [0.5, 0.6) is 0 Å². The second kappa shape index (κ2) is 9.45. The molecule has 0 aliphatic carbocycles. The largest absolute Gasteiger partial charge is 0.376 e. The fourth-order valence-electron chi connectivity index (χ4n) is 1.87. The molecule has 0 fully saturated rings. The highest BCUT2D eigenvalue weighted by molar-refractivity contribution is 7.51. The summed E-state index contributed by atoms with van der Waals surface area (Å²) in [6.45, 7) is 15.9. The van der Waals surface area contributed by atoms with Gasteiger partial charge in [-0.1, -0.05) is 48.7 Å². The van der Waals surface area contributed by atoms with Crippen molar-refractivity contribution in [3.63, 3.8) is 0 Å². The van der Waals surface area contributed by atoms with Gasteiger partial charge < -0.3 is 8.43 Å². The second-order valence-electron chi connectivity index (χ2n) is 7.80. The summed E-state index contributed by atoms with van der Waals surface area (Å²) in [6.07, 6.45) is 3.34. The predicted molar refractivity (Wildman–Crippen MR) is 113 cm³/mol. The van der Waals surface area contributed by atoms with E-state index in [4.69, 9.17) is 8.43 Å². The zero-order valence-corrected chi connectivity index (χ0v) is 19.6. The molecule has 0 atom stereocenters. The lowest BCUT2D eigenvalue weighted by molar-refractivity contribution is 0.490. The van der Waals surface area contributed by atoms with Crippen molar-refractivity contribution in [1.29, 1.82) is 0 Å². The fraction of sp³-hybridized carbons (Fsp3) is 0.529. The Morgan fingerprint density at radius 2 is 1.48 bits per heavy atom. The van der Waals surface area contributed by atoms with Crippen molar-refractivity contribution in [2.24, 2.45) is 0 Å². The van der Waals surface area contributed by atoms with E-state index in [0.717, 1.165) is 6.16 Å². The first-order chi connectivity index (χ1) is 10.6. The SMILES string of the molecule is C[Si](C=Cc1ccccc1)CCP(O[Si](C)(C)C)O[Si](C)(C)C. The average Bonchev–Trinajstić information content (AvgIpc) is 2.40. The van der Waals surface area contributed by atoms with E-state index in [1.54, 1.807) is 0 Å². The van der Waals surface area contributed by atoms with Gasteiger partial charge in [0, 0.05) is 6.16 Å². The van der Waals surface area contributed by atoms with Crippen molar-refractivity contribution in [1.82, 2.24) is 0 Å². The number of rotatable bonds is 9. The van der Waals surface area contributed by atoms with Gasteiger partial charge in [-0.3, -0.25) is 0 Å². The molecule has 1 aromatic rings. The Labute approximate surface area is 148 Å². The van der Waals surface area contributed by atoms with Crippen LogP contribution in [0.3, 0.4) is 0 Å². The third kappa shape index (κ3) is 11.2. The quantitative estimate of drug-likeness (QED) is 0.364. The van der Waals surface area contributed by atoms with Gasteiger partial charge in [-0.15, -0.1) is 0 Å². The van der Waals surface area contributed by atoms with Crippen molar-refractivity contribution < 1.29 is 8.43 Å². The summed E-state index contributed by atoms with van der Waals surface area (Å²) in [7, 11) is -4.29. The average molecular weight is 384 g/mol. The van der Waals surface area contributed by atoms with Crippen LogP contribution in [0.2, 0.25) is 51.9 Å². The summed E-state index contributed by atoms with van der Waals surface area (Å²) >= 11 is 0. The van der Waals surface area contributed by atoms with E-state index in [9.17, 15) is 0 Å². The Balaban J connectivity index is 2.54. The highest BCUT2D eigenvalue weighted by atomic mass is 31.2. The van der Waals surface area contributed by atoms with Crippen LogP contribution in [0.4, 0.5) is 0 Å². The van der Waals surface area contributed by atoms with Gasteiger partial charge in [0.25, 0.3) is 0 Å². The molecule has 2 nitrogen and oxygen atoms in total. The Kier molecular flexibility index (Phi) is 8.63. The first-order valence-electron chi connectivity index (χ1n) is 8.26. The molecule has 0 bridgehead atoms. The normalized spacial score (nSPS) is 13.4. The Morgan fingerprint density at radius 1 is 0.957 bits per heavy atom. The molecule has 23 heavy (non-hydrogen) atoms. The van der Waals surface area contributed by atoms with Gasteiger partial charge in [0.2, 0.25) is 0 Å². The lowest BCUT2D eigenvalue weighted by Gasteiger charge is -2.30. The van der Waals surface area contributed by atoms with Crippen LogP contribution in [0.25, 0.3) is 6.08 Å². The molecular formula is C17H32O2PSi3. The third-order valence-electron chi connectivity index (χ3n) is 2.80. The maximum Gasteiger partial charge on any atom is 0.191 e. The molecule has 0 amide bonds. The van der Waals surface area contributed by atoms with Crippen LogP contribution in [-0.4, -0.2) is 31.6 Å². The van der Waals surface area contributed by atoms with Crippen LogP contribution < -0.4 is 0 Å². The summed E-state index contributed by atoms with van der Waals surface area (Å²) in [5.74, 6) is 0. The number of benzene rings is 1. The van der Waals surface area contributed by atoms with E-state index in [1.807, 2.05) is 0 Å². The molecule has 0 spiro atoms. The lowest BCUT2D eigenvalue weighted by Crippen LogP contribution is -2.29. The zero-order chi connectivity index (χ0) is 17.5. The molecule has 0 heterocycles. The Hall–Kier alpha value is -0.0394. The summed E-state index contributed by atoms with van der Waals surface area (Å²) < 4.78 is 12.7. The summed E-state index contributed by atoms with van der Waals surface area (Å²) in [6, 6.07) is 11.8. The van der Waals surface area contributed by atoms with E-state index < -0.39 is 33.8 Å². The number of hydrogen-bond acceptors (Lipinski definition) is 2. The van der Waals surface area contributed by atoms with Crippen molar-refractivity contribution in [3.8, 4) is 0 Å². The highest BCUT2D eigenvalue weighted by Crippen LogP contribution is 2.45. The van der Waals surface area contributed by atoms with E-state index >= 15 is 0 Å². The molecule has 0 aromatic heterocycles. The second-order valence-corrected chi connectivity index (χ2v) is 21.4. The van der Waals surface area contributed by atoms with E-state index in [2.05, 4.69) is 87.9 Å². The highest BCUT2D eigenvalue weighted by Gasteiger charge is 2.27. The molecule has 0 unspecified atom stereocenters. The molecular weight excluding hydrogens is 351 g/mol. The van der Waals surface area contributed by atoms with Crippen molar-refractivity contribution in [2.45, 2.75) is 51.9 Å². The van der Waals surface area contributed by atoms with Gasteiger partial charge in [0.15, 0.2) is 16.6 Å².